The van der Waals surface area contributed by atoms with Crippen LogP contribution < -0.4 is 10.6 Å². The predicted octanol–water partition coefficient (Wildman–Crippen LogP) is 0.182. The SMILES string of the molecule is C#CC[C@](C)(CO)[C@@H](O)C(=O)NCCC(=O)NCCCCC. The van der Waals surface area contributed by atoms with Crippen molar-refractivity contribution in [1.82, 2.24) is 10.6 Å². The fourth-order valence-electron chi connectivity index (χ4n) is 1.88. The van der Waals surface area contributed by atoms with E-state index >= 15 is 0 Å². The molecule has 6 nitrogen and oxygen atoms in total. The van der Waals surface area contributed by atoms with Crippen molar-refractivity contribution in [3.8, 4) is 12.3 Å². The average Bonchev–Trinajstić information content (AvgIpc) is 2.50. The number of hydrogen-bond donors (Lipinski definition) is 4. The highest BCUT2D eigenvalue weighted by Gasteiger charge is 2.36. The van der Waals surface area contributed by atoms with Crippen molar-refractivity contribution < 1.29 is 19.8 Å². The lowest BCUT2D eigenvalue weighted by Gasteiger charge is -2.29. The van der Waals surface area contributed by atoms with E-state index in [0.29, 0.717) is 6.54 Å². The van der Waals surface area contributed by atoms with Gasteiger partial charge in [0.2, 0.25) is 11.8 Å². The minimum absolute atomic E-state index is 0.0794. The fourth-order valence-corrected chi connectivity index (χ4v) is 1.88. The van der Waals surface area contributed by atoms with Gasteiger partial charge < -0.3 is 20.8 Å². The summed E-state index contributed by atoms with van der Waals surface area (Å²) >= 11 is 0. The molecule has 2 amide bonds. The van der Waals surface area contributed by atoms with Crippen LogP contribution in [0.25, 0.3) is 0 Å². The summed E-state index contributed by atoms with van der Waals surface area (Å²) in [6.07, 6.45) is 7.09. The standard InChI is InChI=1S/C16H28N2O4/c1-4-6-7-10-17-13(20)8-11-18-15(22)14(21)16(3,12-19)9-5-2/h2,14,19,21H,4,6-12H2,1,3H3,(H,17,20)(H,18,22)/t14-,16+/m0/s1. The normalized spacial score (nSPS) is 14.5. The van der Waals surface area contributed by atoms with E-state index in [2.05, 4.69) is 23.5 Å². The van der Waals surface area contributed by atoms with E-state index in [1.807, 2.05) is 0 Å². The van der Waals surface area contributed by atoms with E-state index in [4.69, 9.17) is 6.42 Å². The smallest absolute Gasteiger partial charge is 0.249 e. The molecule has 0 aliphatic heterocycles. The first-order chi connectivity index (χ1) is 10.4. The van der Waals surface area contributed by atoms with Crippen LogP contribution >= 0.6 is 0 Å². The van der Waals surface area contributed by atoms with Crippen LogP contribution in [0.5, 0.6) is 0 Å². The molecule has 4 N–H and O–H groups in total. The Morgan fingerprint density at radius 3 is 2.50 bits per heavy atom. The molecule has 0 aliphatic carbocycles. The first-order valence-corrected chi connectivity index (χ1v) is 7.68. The van der Waals surface area contributed by atoms with Crippen LogP contribution in [0.3, 0.4) is 0 Å². The molecule has 0 radical (unpaired) electrons. The fraction of sp³-hybridized carbons (Fsp3) is 0.750. The maximum atomic E-state index is 11.8. The Bertz CT molecular complexity index is 392. The zero-order valence-electron chi connectivity index (χ0n) is 13.5. The lowest BCUT2D eigenvalue weighted by atomic mass is 9.81. The Labute approximate surface area is 132 Å². The number of terminal acetylenes is 1. The van der Waals surface area contributed by atoms with Crippen molar-refractivity contribution in [2.75, 3.05) is 19.7 Å². The minimum Gasteiger partial charge on any atom is -0.396 e. The molecule has 2 atom stereocenters. The van der Waals surface area contributed by atoms with Crippen molar-refractivity contribution in [1.29, 1.82) is 0 Å². The minimum atomic E-state index is -1.42. The number of unbranched alkanes of at least 4 members (excludes halogenated alkanes) is 2. The Kier molecular flexibility index (Phi) is 10.3. The number of carbonyl (C=O) groups excluding carboxylic acids is 2. The van der Waals surface area contributed by atoms with Crippen LogP contribution in [0.2, 0.25) is 0 Å². The first-order valence-electron chi connectivity index (χ1n) is 7.68. The Hall–Kier alpha value is -1.58. The topological polar surface area (TPSA) is 98.7 Å². The molecule has 0 fully saturated rings. The van der Waals surface area contributed by atoms with Crippen LogP contribution in [0.4, 0.5) is 0 Å². The second kappa shape index (κ2) is 11.0. The second-order valence-electron chi connectivity index (χ2n) is 5.69. The summed E-state index contributed by atoms with van der Waals surface area (Å²) in [5, 5.41) is 24.5. The molecule has 0 aromatic carbocycles. The van der Waals surface area contributed by atoms with Gasteiger partial charge in [0, 0.05) is 31.3 Å². The van der Waals surface area contributed by atoms with Crippen LogP contribution in [-0.2, 0) is 9.59 Å². The average molecular weight is 312 g/mol. The highest BCUT2D eigenvalue weighted by atomic mass is 16.3. The molecule has 0 spiro atoms. The van der Waals surface area contributed by atoms with Gasteiger partial charge in [-0.05, 0) is 6.42 Å². The number of aliphatic hydroxyl groups is 2. The summed E-state index contributed by atoms with van der Waals surface area (Å²) in [6.45, 7) is 3.99. The highest BCUT2D eigenvalue weighted by molar-refractivity contribution is 5.82. The quantitative estimate of drug-likeness (QED) is 0.323. The van der Waals surface area contributed by atoms with Crippen LogP contribution in [-0.4, -0.2) is 47.8 Å². The molecule has 0 aromatic heterocycles. The number of amides is 2. The van der Waals surface area contributed by atoms with E-state index in [9.17, 15) is 19.8 Å². The van der Waals surface area contributed by atoms with Gasteiger partial charge in [0.15, 0.2) is 0 Å². The largest absolute Gasteiger partial charge is 0.396 e. The zero-order valence-corrected chi connectivity index (χ0v) is 13.5. The monoisotopic (exact) mass is 312 g/mol. The second-order valence-corrected chi connectivity index (χ2v) is 5.69. The van der Waals surface area contributed by atoms with Crippen LogP contribution in [0.15, 0.2) is 0 Å². The Morgan fingerprint density at radius 2 is 1.95 bits per heavy atom. The number of hydrogen-bond acceptors (Lipinski definition) is 4. The predicted molar refractivity (Wildman–Crippen MR) is 84.8 cm³/mol. The molecule has 0 heterocycles. The molecule has 126 valence electrons. The maximum Gasteiger partial charge on any atom is 0.249 e. The van der Waals surface area contributed by atoms with Crippen molar-refractivity contribution in [2.24, 2.45) is 5.41 Å². The number of nitrogens with one attached hydrogen (secondary N) is 2. The first kappa shape index (κ1) is 20.4. The molecule has 0 bridgehead atoms. The van der Waals surface area contributed by atoms with E-state index in [-0.39, 0.29) is 25.3 Å². The zero-order chi connectivity index (χ0) is 17.0. The van der Waals surface area contributed by atoms with Gasteiger partial charge in [0.25, 0.3) is 0 Å². The van der Waals surface area contributed by atoms with Crippen LogP contribution in [0.1, 0.15) is 46.0 Å². The summed E-state index contributed by atoms with van der Waals surface area (Å²) in [5.74, 6) is 1.57. The molecular weight excluding hydrogens is 284 g/mol. The van der Waals surface area contributed by atoms with E-state index in [1.54, 1.807) is 0 Å². The molecular formula is C16H28N2O4. The molecule has 0 saturated carbocycles. The molecule has 22 heavy (non-hydrogen) atoms. The van der Waals surface area contributed by atoms with Crippen LogP contribution in [0, 0.1) is 17.8 Å². The van der Waals surface area contributed by atoms with Crippen molar-refractivity contribution in [3.05, 3.63) is 0 Å². The maximum absolute atomic E-state index is 11.8. The van der Waals surface area contributed by atoms with E-state index < -0.39 is 24.0 Å². The number of carbonyl (C=O) groups is 2. The third-order valence-electron chi connectivity index (χ3n) is 3.53. The highest BCUT2D eigenvalue weighted by Crippen LogP contribution is 2.25. The molecule has 0 aliphatic rings. The van der Waals surface area contributed by atoms with Gasteiger partial charge in [-0.3, -0.25) is 9.59 Å². The van der Waals surface area contributed by atoms with E-state index in [1.165, 1.54) is 6.92 Å². The van der Waals surface area contributed by atoms with Gasteiger partial charge in [0.1, 0.15) is 6.10 Å². The summed E-state index contributed by atoms with van der Waals surface area (Å²) in [6, 6.07) is 0. The van der Waals surface area contributed by atoms with Gasteiger partial charge >= 0.3 is 0 Å². The molecule has 0 saturated heterocycles. The lowest BCUT2D eigenvalue weighted by molar-refractivity contribution is -0.137. The van der Waals surface area contributed by atoms with Gasteiger partial charge in [-0.15, -0.1) is 12.3 Å². The summed E-state index contributed by atoms with van der Waals surface area (Å²) in [7, 11) is 0. The van der Waals surface area contributed by atoms with Gasteiger partial charge in [-0.1, -0.05) is 26.7 Å². The number of rotatable bonds is 11. The van der Waals surface area contributed by atoms with Gasteiger partial charge in [-0.2, -0.15) is 0 Å². The summed E-state index contributed by atoms with van der Waals surface area (Å²) < 4.78 is 0. The molecule has 0 aromatic rings. The summed E-state index contributed by atoms with van der Waals surface area (Å²) in [4.78, 5) is 23.4. The lowest BCUT2D eigenvalue weighted by Crippen LogP contribution is -2.47. The van der Waals surface area contributed by atoms with Gasteiger partial charge in [0.05, 0.1) is 6.61 Å². The third kappa shape index (κ3) is 7.43. The van der Waals surface area contributed by atoms with Gasteiger partial charge in [-0.25, -0.2) is 0 Å². The van der Waals surface area contributed by atoms with Crippen molar-refractivity contribution in [3.63, 3.8) is 0 Å². The molecule has 6 heteroatoms. The summed E-state index contributed by atoms with van der Waals surface area (Å²) in [5.41, 5.74) is -1.08. The van der Waals surface area contributed by atoms with Crippen molar-refractivity contribution >= 4 is 11.8 Å². The molecule has 0 rings (SSSR count). The Balaban J connectivity index is 4.07. The Morgan fingerprint density at radius 1 is 1.27 bits per heavy atom. The van der Waals surface area contributed by atoms with E-state index in [0.717, 1.165) is 19.3 Å². The third-order valence-corrected chi connectivity index (χ3v) is 3.53. The van der Waals surface area contributed by atoms with Crippen molar-refractivity contribution in [2.45, 2.75) is 52.1 Å². The molecule has 0 unspecified atom stereocenters. The number of aliphatic hydroxyl groups excluding tert-OH is 2.